The van der Waals surface area contributed by atoms with Crippen LogP contribution in [-0.2, 0) is 9.59 Å². The van der Waals surface area contributed by atoms with E-state index >= 15 is 0 Å². The fourth-order valence-corrected chi connectivity index (χ4v) is 2.61. The lowest BCUT2D eigenvalue weighted by molar-refractivity contribution is -0.139. The summed E-state index contributed by atoms with van der Waals surface area (Å²) < 4.78 is 1.63. The highest BCUT2D eigenvalue weighted by molar-refractivity contribution is 6.35. The normalized spacial score (nSPS) is 11.2. The van der Waals surface area contributed by atoms with Gasteiger partial charge in [-0.15, -0.1) is 0 Å². The Hall–Kier alpha value is -2.67. The van der Waals surface area contributed by atoms with E-state index in [0.29, 0.717) is 16.4 Å². The molecule has 2 N–H and O–H groups in total. The summed E-state index contributed by atoms with van der Waals surface area (Å²) in [5.41, 5.74) is 6.40. The summed E-state index contributed by atoms with van der Waals surface area (Å²) in [6, 6.07) is 5.87. The number of aryl methyl sites for hydroxylation is 3. The Morgan fingerprint density at radius 2 is 1.92 bits per heavy atom. The first-order valence-corrected chi connectivity index (χ1v) is 8.55. The second-order valence-electron chi connectivity index (χ2n) is 6.32. The summed E-state index contributed by atoms with van der Waals surface area (Å²) >= 11 is 6.45. The Bertz CT molecular complexity index is 871. The fraction of sp³-hybridized carbons (Fsp3) is 0.333. The van der Waals surface area contributed by atoms with Crippen LogP contribution in [0.4, 0.5) is 0 Å². The van der Waals surface area contributed by atoms with Gasteiger partial charge in [0.15, 0.2) is 0 Å². The fourth-order valence-electron chi connectivity index (χ4n) is 2.30. The Balaban J connectivity index is 2.22. The molecule has 0 aliphatic rings. The molecule has 8 heteroatoms. The largest absolute Gasteiger partial charge is 0.346 e. The van der Waals surface area contributed by atoms with E-state index in [-0.39, 0.29) is 6.04 Å². The molecule has 0 bridgehead atoms. The number of hydrogen-bond acceptors (Lipinski definition) is 4. The number of carbonyl (C=O) groups excluding carboxylic acids is 2. The molecule has 0 saturated heterocycles. The molecule has 1 heterocycles. The summed E-state index contributed by atoms with van der Waals surface area (Å²) in [7, 11) is 0. The summed E-state index contributed by atoms with van der Waals surface area (Å²) in [4.78, 5) is 23.2. The predicted molar refractivity (Wildman–Crippen MR) is 102 cm³/mol. The number of benzene rings is 1. The lowest BCUT2D eigenvalue weighted by atomic mass is 10.1. The van der Waals surface area contributed by atoms with E-state index < -0.39 is 11.8 Å². The second-order valence-corrected chi connectivity index (χ2v) is 6.68. The third-order valence-electron chi connectivity index (χ3n) is 3.63. The molecule has 0 unspecified atom stereocenters. The molecule has 0 aliphatic carbocycles. The van der Waals surface area contributed by atoms with Gasteiger partial charge in [-0.2, -0.15) is 10.2 Å². The second kappa shape index (κ2) is 8.14. The minimum atomic E-state index is -0.842. The van der Waals surface area contributed by atoms with Crippen LogP contribution in [0.1, 0.15) is 36.2 Å². The van der Waals surface area contributed by atoms with E-state index in [1.807, 2.05) is 32.0 Å². The Morgan fingerprint density at radius 3 is 2.58 bits per heavy atom. The number of hydrazone groups is 1. The molecule has 26 heavy (non-hydrogen) atoms. The average molecular weight is 376 g/mol. The smallest absolute Gasteiger partial charge is 0.329 e. The molecule has 0 fully saturated rings. The summed E-state index contributed by atoms with van der Waals surface area (Å²) in [6.07, 6.45) is 1.38. The van der Waals surface area contributed by atoms with Crippen LogP contribution >= 0.6 is 11.6 Å². The lowest BCUT2D eigenvalue weighted by Gasteiger charge is -2.08. The third-order valence-corrected chi connectivity index (χ3v) is 3.99. The van der Waals surface area contributed by atoms with Crippen molar-refractivity contribution >= 4 is 29.6 Å². The van der Waals surface area contributed by atoms with Crippen molar-refractivity contribution in [3.63, 3.8) is 0 Å². The maximum absolute atomic E-state index is 11.7. The minimum absolute atomic E-state index is 0.135. The van der Waals surface area contributed by atoms with E-state index in [1.54, 1.807) is 25.5 Å². The van der Waals surface area contributed by atoms with Crippen molar-refractivity contribution in [1.82, 2.24) is 20.5 Å². The predicted octanol–water partition coefficient (Wildman–Crippen LogP) is 2.43. The first kappa shape index (κ1) is 19.7. The van der Waals surface area contributed by atoms with Crippen molar-refractivity contribution in [1.29, 1.82) is 0 Å². The van der Waals surface area contributed by atoms with Crippen molar-refractivity contribution in [2.75, 3.05) is 0 Å². The van der Waals surface area contributed by atoms with E-state index in [9.17, 15) is 9.59 Å². The zero-order valence-electron chi connectivity index (χ0n) is 15.4. The van der Waals surface area contributed by atoms with Crippen molar-refractivity contribution in [2.24, 2.45) is 5.10 Å². The van der Waals surface area contributed by atoms with Crippen molar-refractivity contribution in [2.45, 2.75) is 40.7 Å². The number of amides is 2. The standard InChI is InChI=1S/C18H22ClN5O2/c1-10(2)21-17(25)18(26)22-20-9-14-13(5)23-24(16(14)19)15-8-11(3)6-7-12(15)4/h6-10H,1-5H3,(H,21,25)(H,22,26)/b20-9-. The van der Waals surface area contributed by atoms with Crippen LogP contribution in [0.15, 0.2) is 23.3 Å². The highest BCUT2D eigenvalue weighted by atomic mass is 35.5. The van der Waals surface area contributed by atoms with Crippen LogP contribution in [0.25, 0.3) is 5.69 Å². The van der Waals surface area contributed by atoms with Gasteiger partial charge in [0.2, 0.25) is 0 Å². The van der Waals surface area contributed by atoms with Crippen molar-refractivity contribution in [3.8, 4) is 5.69 Å². The van der Waals surface area contributed by atoms with Crippen LogP contribution in [0.5, 0.6) is 0 Å². The summed E-state index contributed by atoms with van der Waals surface area (Å²) in [5, 5.41) is 11.1. The van der Waals surface area contributed by atoms with E-state index in [4.69, 9.17) is 11.6 Å². The average Bonchev–Trinajstić information content (AvgIpc) is 2.84. The maximum Gasteiger partial charge on any atom is 0.329 e. The van der Waals surface area contributed by atoms with E-state index in [1.165, 1.54) is 6.21 Å². The molecule has 2 amide bonds. The number of carbonyl (C=O) groups is 2. The number of rotatable bonds is 4. The number of hydrogen-bond donors (Lipinski definition) is 2. The molecule has 7 nitrogen and oxygen atoms in total. The number of nitrogens with one attached hydrogen (secondary N) is 2. The minimum Gasteiger partial charge on any atom is -0.346 e. The molecule has 1 aromatic heterocycles. The van der Waals surface area contributed by atoms with Crippen LogP contribution < -0.4 is 10.7 Å². The van der Waals surface area contributed by atoms with Crippen molar-refractivity contribution < 1.29 is 9.59 Å². The number of nitrogens with zero attached hydrogens (tertiary/aromatic N) is 3. The molecule has 2 aromatic rings. The number of halogens is 1. The Kier molecular flexibility index (Phi) is 6.15. The van der Waals surface area contributed by atoms with Gasteiger partial charge in [-0.3, -0.25) is 9.59 Å². The van der Waals surface area contributed by atoms with Gasteiger partial charge in [-0.05, 0) is 51.8 Å². The molecule has 2 rings (SSSR count). The number of aromatic nitrogens is 2. The zero-order chi connectivity index (χ0) is 19.4. The van der Waals surface area contributed by atoms with Gasteiger partial charge in [0.05, 0.1) is 23.2 Å². The van der Waals surface area contributed by atoms with Crippen LogP contribution in [0.2, 0.25) is 5.15 Å². The summed E-state index contributed by atoms with van der Waals surface area (Å²) in [5.74, 6) is -1.59. The molecule has 138 valence electrons. The molecule has 0 atom stereocenters. The first-order valence-electron chi connectivity index (χ1n) is 8.17. The molecule has 0 radical (unpaired) electrons. The van der Waals surface area contributed by atoms with Crippen molar-refractivity contribution in [3.05, 3.63) is 45.7 Å². The van der Waals surface area contributed by atoms with Gasteiger partial charge < -0.3 is 5.32 Å². The molecular formula is C18H22ClN5O2. The van der Waals surface area contributed by atoms with Gasteiger partial charge in [0.25, 0.3) is 0 Å². The topological polar surface area (TPSA) is 88.4 Å². The van der Waals surface area contributed by atoms with E-state index in [2.05, 4.69) is 20.9 Å². The SMILES string of the molecule is Cc1ccc(C)c(-n2nc(C)c(/C=N\NC(=O)C(=O)NC(C)C)c2Cl)c1. The van der Waals surface area contributed by atoms with Crippen LogP contribution in [0, 0.1) is 20.8 Å². The van der Waals surface area contributed by atoms with Gasteiger partial charge in [-0.1, -0.05) is 23.7 Å². The van der Waals surface area contributed by atoms with Gasteiger partial charge >= 0.3 is 11.8 Å². The lowest BCUT2D eigenvalue weighted by Crippen LogP contribution is -2.41. The molecule has 0 saturated carbocycles. The quantitative estimate of drug-likeness (QED) is 0.488. The Morgan fingerprint density at radius 1 is 1.23 bits per heavy atom. The molecule has 0 aliphatic heterocycles. The summed E-state index contributed by atoms with van der Waals surface area (Å²) in [6.45, 7) is 9.29. The maximum atomic E-state index is 11.7. The monoisotopic (exact) mass is 375 g/mol. The van der Waals surface area contributed by atoms with Gasteiger partial charge in [0.1, 0.15) is 5.15 Å². The highest BCUT2D eigenvalue weighted by Gasteiger charge is 2.16. The van der Waals surface area contributed by atoms with Gasteiger partial charge in [-0.25, -0.2) is 10.1 Å². The molecule has 1 aromatic carbocycles. The first-order chi connectivity index (χ1) is 12.2. The van der Waals surface area contributed by atoms with Gasteiger partial charge in [0, 0.05) is 6.04 Å². The highest BCUT2D eigenvalue weighted by Crippen LogP contribution is 2.24. The van der Waals surface area contributed by atoms with E-state index in [0.717, 1.165) is 16.8 Å². The Labute approximate surface area is 157 Å². The van der Waals surface area contributed by atoms with Crippen LogP contribution in [0.3, 0.4) is 0 Å². The molecule has 0 spiro atoms. The molecular weight excluding hydrogens is 354 g/mol. The third kappa shape index (κ3) is 4.49. The zero-order valence-corrected chi connectivity index (χ0v) is 16.2. The van der Waals surface area contributed by atoms with Crippen LogP contribution in [-0.4, -0.2) is 33.9 Å².